The van der Waals surface area contributed by atoms with Gasteiger partial charge >= 0.3 is 17.9 Å². The van der Waals surface area contributed by atoms with E-state index in [9.17, 15) is 14.4 Å². The molecule has 12 heteroatoms. The summed E-state index contributed by atoms with van der Waals surface area (Å²) in [4.78, 5) is 31.0. The second-order valence-electron chi connectivity index (χ2n) is 19.2. The quantitative estimate of drug-likeness (QED) is 0.0205. The third kappa shape index (κ3) is 93.4. The number of hydrogen-bond acceptors (Lipinski definition) is 9. The highest BCUT2D eigenvalue weighted by Crippen LogP contribution is 2.13. The smallest absolute Gasteiger partial charge is 0.303 e. The first-order chi connectivity index (χ1) is 34.9. The number of unbranched alkanes of at least 4 members (excludes halogenated alkanes) is 33. The molecule has 9 N–H and O–H groups in total. The monoisotopic (exact) mass is 1030 g/mol. The van der Waals surface area contributed by atoms with Crippen LogP contribution in [0.3, 0.4) is 0 Å². The number of aliphatic hydroxyl groups excluding tert-OH is 6. The van der Waals surface area contributed by atoms with Crippen LogP contribution in [0.25, 0.3) is 0 Å². The van der Waals surface area contributed by atoms with Crippen LogP contribution in [0.5, 0.6) is 0 Å². The van der Waals surface area contributed by atoms with Crippen molar-refractivity contribution in [3.05, 3.63) is 36.5 Å². The van der Waals surface area contributed by atoms with Crippen molar-refractivity contribution in [2.75, 3.05) is 26.4 Å². The van der Waals surface area contributed by atoms with Gasteiger partial charge in [0, 0.05) is 19.3 Å². The van der Waals surface area contributed by atoms with Gasteiger partial charge in [-0.25, -0.2) is 0 Å². The zero-order chi connectivity index (χ0) is 54.7. The molecule has 0 atom stereocenters. The predicted molar refractivity (Wildman–Crippen MR) is 302 cm³/mol. The van der Waals surface area contributed by atoms with Gasteiger partial charge in [-0.2, -0.15) is 0 Å². The van der Waals surface area contributed by atoms with E-state index >= 15 is 0 Å². The fourth-order valence-corrected chi connectivity index (χ4v) is 7.16. The molecule has 0 unspecified atom stereocenters. The van der Waals surface area contributed by atoms with Crippen molar-refractivity contribution in [2.24, 2.45) is 0 Å². The van der Waals surface area contributed by atoms with E-state index < -0.39 is 30.1 Å². The van der Waals surface area contributed by atoms with Crippen LogP contribution < -0.4 is 0 Å². The van der Waals surface area contributed by atoms with Gasteiger partial charge in [0.15, 0.2) is 0 Å². The number of carboxylic acids is 3. The van der Waals surface area contributed by atoms with E-state index in [1.54, 1.807) is 0 Å². The van der Waals surface area contributed by atoms with Crippen molar-refractivity contribution in [1.82, 2.24) is 0 Å². The molecule has 0 saturated carbocycles. The molecule has 0 fully saturated rings. The Kier molecular flexibility index (Phi) is 81.4. The highest BCUT2D eigenvalue weighted by molar-refractivity contribution is 5.67. The SMILES string of the molecule is CCCCCCCC/C=C\CCCCCCCC(=O)O.CCCCCCCC/C=C\CCCCCCCC(=O)O.CCCCCCCC/C=C\CCCCCCCC(=O)O.OCC(O)CO.OCC(O)CO. The average molecular weight is 1030 g/mol. The lowest BCUT2D eigenvalue weighted by Crippen LogP contribution is -2.15. The number of allylic oxidation sites excluding steroid dienone is 6. The lowest BCUT2D eigenvalue weighted by molar-refractivity contribution is -0.138. The Labute approximate surface area is 442 Å². The third-order valence-corrected chi connectivity index (χ3v) is 11.8. The molecule has 72 heavy (non-hydrogen) atoms. The molecular weight excluding hydrogens is 913 g/mol. The van der Waals surface area contributed by atoms with Crippen LogP contribution >= 0.6 is 0 Å². The highest BCUT2D eigenvalue weighted by atomic mass is 16.4. The van der Waals surface area contributed by atoms with Crippen LogP contribution in [0.1, 0.15) is 290 Å². The summed E-state index contributed by atoms with van der Waals surface area (Å²) in [6.07, 6.45) is 61.8. The molecule has 430 valence electrons. The van der Waals surface area contributed by atoms with Crippen LogP contribution in [-0.4, -0.2) is 103 Å². The molecule has 0 radical (unpaired) electrons. The topological polar surface area (TPSA) is 233 Å². The first-order valence-electron chi connectivity index (χ1n) is 29.3. The lowest BCUT2D eigenvalue weighted by atomic mass is 10.1. The third-order valence-electron chi connectivity index (χ3n) is 11.8. The van der Waals surface area contributed by atoms with Gasteiger partial charge in [0.05, 0.1) is 26.4 Å². The molecule has 0 aromatic heterocycles. The number of carboxylic acid groups (broad SMARTS) is 3. The Morgan fingerprint density at radius 2 is 0.431 bits per heavy atom. The summed E-state index contributed by atoms with van der Waals surface area (Å²) in [5, 5.41) is 73.6. The van der Waals surface area contributed by atoms with Crippen LogP contribution in [0.4, 0.5) is 0 Å². The zero-order valence-corrected chi connectivity index (χ0v) is 46.9. The van der Waals surface area contributed by atoms with Gasteiger partial charge in [0.1, 0.15) is 12.2 Å². The fourth-order valence-electron chi connectivity index (χ4n) is 7.16. The molecule has 0 spiro atoms. The highest BCUT2D eigenvalue weighted by Gasteiger charge is 1.99. The molecule has 0 aliphatic carbocycles. The molecular formula is C60H118O12. The summed E-state index contributed by atoms with van der Waals surface area (Å²) in [5.41, 5.74) is 0. The van der Waals surface area contributed by atoms with Crippen LogP contribution in [0, 0.1) is 0 Å². The second-order valence-corrected chi connectivity index (χ2v) is 19.2. The summed E-state index contributed by atoms with van der Waals surface area (Å²) in [6, 6.07) is 0. The number of hydrogen-bond donors (Lipinski definition) is 9. The van der Waals surface area contributed by atoms with E-state index in [2.05, 4.69) is 57.2 Å². The van der Waals surface area contributed by atoms with E-state index in [0.29, 0.717) is 19.3 Å². The van der Waals surface area contributed by atoms with Crippen LogP contribution in [0.2, 0.25) is 0 Å². The molecule has 0 rings (SSSR count). The largest absolute Gasteiger partial charge is 0.481 e. The number of aliphatic carboxylic acids is 3. The molecule has 0 bridgehead atoms. The Bertz CT molecular complexity index is 976. The van der Waals surface area contributed by atoms with Crippen molar-refractivity contribution < 1.29 is 60.3 Å². The number of carbonyl (C=O) groups is 3. The zero-order valence-electron chi connectivity index (χ0n) is 46.9. The molecule has 12 nitrogen and oxygen atoms in total. The van der Waals surface area contributed by atoms with Crippen molar-refractivity contribution in [3.8, 4) is 0 Å². The maximum Gasteiger partial charge on any atom is 0.303 e. The van der Waals surface area contributed by atoms with Gasteiger partial charge in [-0.15, -0.1) is 0 Å². The van der Waals surface area contributed by atoms with E-state index in [1.165, 1.54) is 212 Å². The van der Waals surface area contributed by atoms with E-state index in [4.69, 9.17) is 46.0 Å². The lowest BCUT2D eigenvalue weighted by Gasteiger charge is -1.99. The van der Waals surface area contributed by atoms with Gasteiger partial charge in [0.25, 0.3) is 0 Å². The molecule has 0 amide bonds. The van der Waals surface area contributed by atoms with Gasteiger partial charge in [-0.05, 0) is 96.3 Å². The number of aliphatic hydroxyl groups is 6. The minimum absolute atomic E-state index is 0.332. The first-order valence-corrected chi connectivity index (χ1v) is 29.3. The Hall–Kier alpha value is -2.61. The van der Waals surface area contributed by atoms with Gasteiger partial charge in [0.2, 0.25) is 0 Å². The van der Waals surface area contributed by atoms with Crippen molar-refractivity contribution in [1.29, 1.82) is 0 Å². The van der Waals surface area contributed by atoms with Crippen molar-refractivity contribution >= 4 is 17.9 Å². The maximum absolute atomic E-state index is 10.3. The standard InChI is InChI=1S/3C18H34O2.2C3H8O3/c3*1-2-3-4-5-6-7-8-9-10-11-12-13-14-15-16-17-18(19)20;2*4-1-3(6)2-5/h3*9-10H,2-8,11-17H2,1H3,(H,19,20);2*3-6H,1-2H2/b3*10-9-;;. The van der Waals surface area contributed by atoms with Crippen molar-refractivity contribution in [2.45, 2.75) is 303 Å². The average Bonchev–Trinajstić information content (AvgIpc) is 3.37. The normalized spacial score (nSPS) is 11.0. The summed E-state index contributed by atoms with van der Waals surface area (Å²) in [6.45, 7) is 5.32. The molecule has 0 saturated heterocycles. The van der Waals surface area contributed by atoms with E-state index in [1.807, 2.05) is 0 Å². The fraction of sp³-hybridized carbons (Fsp3) is 0.850. The van der Waals surface area contributed by atoms with Gasteiger partial charge < -0.3 is 46.0 Å². The van der Waals surface area contributed by atoms with Crippen molar-refractivity contribution in [3.63, 3.8) is 0 Å². The van der Waals surface area contributed by atoms with Crippen LogP contribution in [-0.2, 0) is 14.4 Å². The summed E-state index contributed by atoms with van der Waals surface area (Å²) < 4.78 is 0. The summed E-state index contributed by atoms with van der Waals surface area (Å²) in [7, 11) is 0. The summed E-state index contributed by atoms with van der Waals surface area (Å²) >= 11 is 0. The van der Waals surface area contributed by atoms with Gasteiger partial charge in [-0.1, -0.05) is 211 Å². The summed E-state index contributed by atoms with van der Waals surface area (Å²) in [5.74, 6) is -1.99. The molecule has 0 heterocycles. The maximum atomic E-state index is 10.3. The molecule has 0 aliphatic rings. The predicted octanol–water partition coefficient (Wildman–Crippen LogP) is 15.0. The molecule has 0 aromatic rings. The minimum atomic E-state index is -0.954. The second kappa shape index (κ2) is 74.9. The first kappa shape index (κ1) is 78.3. The molecule has 0 aliphatic heterocycles. The van der Waals surface area contributed by atoms with Gasteiger partial charge in [-0.3, -0.25) is 14.4 Å². The number of rotatable bonds is 49. The van der Waals surface area contributed by atoms with Crippen LogP contribution in [0.15, 0.2) is 36.5 Å². The minimum Gasteiger partial charge on any atom is -0.481 e. The Morgan fingerprint density at radius 1 is 0.278 bits per heavy atom. The Balaban J connectivity index is -0.000000279. The Morgan fingerprint density at radius 3 is 0.569 bits per heavy atom. The van der Waals surface area contributed by atoms with E-state index in [-0.39, 0.29) is 26.4 Å². The van der Waals surface area contributed by atoms with E-state index in [0.717, 1.165) is 38.5 Å². The molecule has 0 aromatic carbocycles.